The Morgan fingerprint density at radius 2 is 1.52 bits per heavy atom. The Hall–Kier alpha value is -6.11. The lowest BCUT2D eigenvalue weighted by Gasteiger charge is -2.25. The van der Waals surface area contributed by atoms with E-state index in [9.17, 15) is 19.2 Å². The summed E-state index contributed by atoms with van der Waals surface area (Å²) in [7, 11) is 1.80. The molecular formula is C35H35N7O6. The lowest BCUT2D eigenvalue weighted by Crippen LogP contribution is -2.36. The number of rotatable bonds is 13. The molecule has 1 aliphatic rings. The number of ether oxygens (including phenoxy) is 2. The number of hydrogen-bond donors (Lipinski definition) is 3. The Labute approximate surface area is 277 Å². The lowest BCUT2D eigenvalue weighted by molar-refractivity contribution is -0.117. The van der Waals surface area contributed by atoms with Crippen molar-refractivity contribution in [3.05, 3.63) is 119 Å². The number of anilines is 3. The predicted octanol–water partition coefficient (Wildman–Crippen LogP) is 4.09. The number of aromatic nitrogens is 3. The molecule has 1 unspecified atom stereocenters. The van der Waals surface area contributed by atoms with Crippen LogP contribution < -0.4 is 21.3 Å². The normalized spacial score (nSPS) is 15.2. The second-order valence-corrected chi connectivity index (χ2v) is 11.2. The third-order valence-electron chi connectivity index (χ3n) is 7.86. The Kier molecular flexibility index (Phi) is 10.7. The molecule has 1 fully saturated rings. The van der Waals surface area contributed by atoms with Gasteiger partial charge < -0.3 is 30.7 Å². The van der Waals surface area contributed by atoms with Crippen LogP contribution in [0.25, 0.3) is 0 Å². The minimum Gasteiger partial charge on any atom is -0.457 e. The molecular weight excluding hydrogens is 614 g/mol. The molecule has 1 aromatic heterocycles. The predicted molar refractivity (Wildman–Crippen MR) is 177 cm³/mol. The zero-order chi connectivity index (χ0) is 34.0. The van der Waals surface area contributed by atoms with Crippen LogP contribution in [0.1, 0.15) is 61.6 Å². The largest absolute Gasteiger partial charge is 0.457 e. The molecule has 4 N–H and O–H groups in total. The van der Waals surface area contributed by atoms with Gasteiger partial charge in [0.15, 0.2) is 11.5 Å². The van der Waals surface area contributed by atoms with Gasteiger partial charge in [-0.2, -0.15) is 4.98 Å². The summed E-state index contributed by atoms with van der Waals surface area (Å²) in [5, 5.41) is 14.1. The Balaban J connectivity index is 1.40. The van der Waals surface area contributed by atoms with Crippen molar-refractivity contribution in [1.82, 2.24) is 20.5 Å². The highest BCUT2D eigenvalue weighted by Crippen LogP contribution is 2.28. The summed E-state index contributed by atoms with van der Waals surface area (Å²) in [5.74, 6) is -2.38. The van der Waals surface area contributed by atoms with Gasteiger partial charge in [0, 0.05) is 24.8 Å². The fourth-order valence-corrected chi connectivity index (χ4v) is 5.29. The number of carbonyl (C=O) groups is 4. The van der Waals surface area contributed by atoms with Crippen LogP contribution in [0.5, 0.6) is 0 Å². The molecule has 2 atom stereocenters. The van der Waals surface area contributed by atoms with E-state index >= 15 is 0 Å². The zero-order valence-electron chi connectivity index (χ0n) is 26.3. The number of nitrogens with one attached hydrogen (secondary N) is 2. The first kappa shape index (κ1) is 33.3. The number of nitrogens with two attached hydrogens (primary N) is 1. The zero-order valence-corrected chi connectivity index (χ0v) is 26.3. The molecule has 3 aromatic carbocycles. The van der Waals surface area contributed by atoms with Gasteiger partial charge in [-0.05, 0) is 54.7 Å². The van der Waals surface area contributed by atoms with Crippen LogP contribution in [0.4, 0.5) is 17.5 Å². The average Bonchev–Trinajstić information content (AvgIpc) is 3.58. The molecule has 0 radical (unpaired) electrons. The van der Waals surface area contributed by atoms with E-state index in [1.54, 1.807) is 7.05 Å². The van der Waals surface area contributed by atoms with Crippen LogP contribution in [0.2, 0.25) is 0 Å². The van der Waals surface area contributed by atoms with Crippen LogP contribution in [-0.2, 0) is 27.5 Å². The van der Waals surface area contributed by atoms with Crippen molar-refractivity contribution < 1.29 is 28.7 Å². The first-order chi connectivity index (χ1) is 23.2. The lowest BCUT2D eigenvalue weighted by atomic mass is 10.1. The van der Waals surface area contributed by atoms with Gasteiger partial charge in [0.05, 0.1) is 11.1 Å². The van der Waals surface area contributed by atoms with Gasteiger partial charge in [-0.3, -0.25) is 9.59 Å². The number of carbonyl (C=O) groups excluding carboxylic acids is 4. The minimum absolute atomic E-state index is 0.00290. The molecule has 0 bridgehead atoms. The molecule has 0 spiro atoms. The second-order valence-electron chi connectivity index (χ2n) is 11.2. The smallest absolute Gasteiger partial charge is 0.339 e. The molecule has 48 heavy (non-hydrogen) atoms. The highest BCUT2D eigenvalue weighted by molar-refractivity contribution is 6.04. The van der Waals surface area contributed by atoms with E-state index in [4.69, 9.17) is 15.2 Å². The summed E-state index contributed by atoms with van der Waals surface area (Å²) in [6.45, 7) is 3.48. The number of amides is 2. The standard InChI is InChI=1S/C35H35N7O6/c1-3-29(43)37-24-14-16-26(18-24)42(2)35-39-32(30(31(36)44)40-41-35)38-25-15-17-27(33(45)47-20-22-10-6-4-7-11-22)28(19-25)34(46)48-21-23-12-8-5-9-13-23/h3-13,15,17,19,24,26H,1,14,16,18,20-21H2,2H3,(H2,36,44)(H,37,43)(H,38,39,41)/t24?,26-/m1/s1. The molecule has 246 valence electrons. The number of nitrogens with zero attached hydrogens (tertiary/aromatic N) is 4. The van der Waals surface area contributed by atoms with Crippen molar-refractivity contribution >= 4 is 41.2 Å². The highest BCUT2D eigenvalue weighted by atomic mass is 16.5. The molecule has 2 amide bonds. The van der Waals surface area contributed by atoms with E-state index in [2.05, 4.69) is 32.4 Å². The van der Waals surface area contributed by atoms with Gasteiger partial charge in [0.1, 0.15) is 13.2 Å². The van der Waals surface area contributed by atoms with Gasteiger partial charge in [0.25, 0.3) is 5.91 Å². The topological polar surface area (TPSA) is 179 Å². The second kappa shape index (κ2) is 15.5. The van der Waals surface area contributed by atoms with Crippen LogP contribution in [-0.4, -0.2) is 58.1 Å². The van der Waals surface area contributed by atoms with Crippen molar-refractivity contribution in [1.29, 1.82) is 0 Å². The first-order valence-electron chi connectivity index (χ1n) is 15.2. The SMILES string of the molecule is C=CC(=O)NC1CC[C@@H](N(C)c2nnc(C(N)=O)c(Nc3ccc(C(=O)OCc4ccccc4)c(C(=O)OCc4ccccc4)c3)n2)C1. The summed E-state index contributed by atoms with van der Waals surface area (Å²) in [5.41, 5.74) is 7.14. The third kappa shape index (κ3) is 8.37. The highest BCUT2D eigenvalue weighted by Gasteiger charge is 2.30. The van der Waals surface area contributed by atoms with Crippen LogP contribution in [0, 0.1) is 0 Å². The van der Waals surface area contributed by atoms with Crippen LogP contribution >= 0.6 is 0 Å². The Morgan fingerprint density at radius 1 is 0.896 bits per heavy atom. The number of benzene rings is 3. The summed E-state index contributed by atoms with van der Waals surface area (Å²) in [6, 6.07) is 22.6. The Morgan fingerprint density at radius 3 is 2.12 bits per heavy atom. The molecule has 4 aromatic rings. The maximum atomic E-state index is 13.4. The van der Waals surface area contributed by atoms with Gasteiger partial charge >= 0.3 is 11.9 Å². The van der Waals surface area contributed by atoms with Gasteiger partial charge in [-0.25, -0.2) is 9.59 Å². The molecule has 1 heterocycles. The Bertz CT molecular complexity index is 1800. The van der Waals surface area contributed by atoms with Crippen molar-refractivity contribution in [2.24, 2.45) is 5.73 Å². The molecule has 0 saturated heterocycles. The monoisotopic (exact) mass is 649 g/mol. The maximum Gasteiger partial charge on any atom is 0.339 e. The number of esters is 2. The summed E-state index contributed by atoms with van der Waals surface area (Å²) >= 11 is 0. The third-order valence-corrected chi connectivity index (χ3v) is 7.86. The van der Waals surface area contributed by atoms with E-state index in [1.165, 1.54) is 24.3 Å². The van der Waals surface area contributed by atoms with Crippen molar-refractivity contribution in [2.45, 2.75) is 44.6 Å². The van der Waals surface area contributed by atoms with E-state index in [-0.39, 0.29) is 59.8 Å². The van der Waals surface area contributed by atoms with E-state index in [0.29, 0.717) is 12.1 Å². The molecule has 13 heteroatoms. The molecule has 0 aliphatic heterocycles. The molecule has 13 nitrogen and oxygen atoms in total. The van der Waals surface area contributed by atoms with Crippen LogP contribution in [0.3, 0.4) is 0 Å². The van der Waals surface area contributed by atoms with Gasteiger partial charge in [-0.1, -0.05) is 67.2 Å². The van der Waals surface area contributed by atoms with Crippen LogP contribution in [0.15, 0.2) is 91.5 Å². The molecule has 1 aliphatic carbocycles. The summed E-state index contributed by atoms with van der Waals surface area (Å²) < 4.78 is 11.1. The molecule has 5 rings (SSSR count). The first-order valence-corrected chi connectivity index (χ1v) is 15.2. The number of hydrogen-bond acceptors (Lipinski definition) is 11. The van der Waals surface area contributed by atoms with Gasteiger partial charge in [0.2, 0.25) is 11.9 Å². The van der Waals surface area contributed by atoms with Crippen molar-refractivity contribution in [2.75, 3.05) is 17.3 Å². The van der Waals surface area contributed by atoms with E-state index in [1.807, 2.05) is 65.6 Å². The minimum atomic E-state index is -0.872. The average molecular weight is 650 g/mol. The maximum absolute atomic E-state index is 13.4. The van der Waals surface area contributed by atoms with E-state index < -0.39 is 17.8 Å². The number of primary amides is 1. The summed E-state index contributed by atoms with van der Waals surface area (Å²) in [4.78, 5) is 57.0. The van der Waals surface area contributed by atoms with E-state index in [0.717, 1.165) is 24.0 Å². The summed E-state index contributed by atoms with van der Waals surface area (Å²) in [6.07, 6.45) is 3.41. The molecule has 1 saturated carbocycles. The fraction of sp³-hybridized carbons (Fsp3) is 0.229. The fourth-order valence-electron chi connectivity index (χ4n) is 5.29. The van der Waals surface area contributed by atoms with Crippen molar-refractivity contribution in [3.8, 4) is 0 Å². The van der Waals surface area contributed by atoms with Crippen molar-refractivity contribution in [3.63, 3.8) is 0 Å². The quantitative estimate of drug-likeness (QED) is 0.140. The van der Waals surface area contributed by atoms with Gasteiger partial charge in [-0.15, -0.1) is 10.2 Å².